The first kappa shape index (κ1) is 16.5. The number of amides is 1. The van der Waals surface area contributed by atoms with E-state index in [1.807, 2.05) is 31.2 Å². The van der Waals surface area contributed by atoms with Crippen molar-refractivity contribution < 1.29 is 4.79 Å². The van der Waals surface area contributed by atoms with Gasteiger partial charge in [-0.15, -0.1) is 5.10 Å². The van der Waals surface area contributed by atoms with Gasteiger partial charge in [-0.2, -0.15) is 5.26 Å². The summed E-state index contributed by atoms with van der Waals surface area (Å²) in [6.07, 6.45) is 2.00. The molecule has 0 spiro atoms. The maximum atomic E-state index is 12.1. The Bertz CT molecular complexity index is 775. The number of nitrogens with zero attached hydrogens (tertiary/aromatic N) is 3. The van der Waals surface area contributed by atoms with Gasteiger partial charge in [0.2, 0.25) is 11.1 Å². The van der Waals surface area contributed by atoms with Crippen molar-refractivity contribution in [2.75, 3.05) is 5.75 Å². The number of carbonyl (C=O) groups excluding carboxylic acids is 1. The van der Waals surface area contributed by atoms with Gasteiger partial charge in [-0.1, -0.05) is 41.6 Å². The van der Waals surface area contributed by atoms with Gasteiger partial charge in [0.1, 0.15) is 5.54 Å². The van der Waals surface area contributed by atoms with Crippen LogP contribution in [-0.4, -0.2) is 32.4 Å². The molecule has 7 heteroatoms. The molecule has 1 atom stereocenters. The summed E-state index contributed by atoms with van der Waals surface area (Å²) in [7, 11) is 0. The Hall–Kier alpha value is -2.33. The number of H-pyrrole nitrogens is 1. The standard InChI is InChI=1S/C17H19N5OS/c1-11-3-5-12(6-4-11)15-19-16(22-21-15)24-9-14(23)20-17(2,10-18)13-7-8-13/h3-6,13H,7-9H2,1-2H3,(H,20,23)(H,19,21,22)/t17-/m1/s1. The van der Waals surface area contributed by atoms with Crippen molar-refractivity contribution in [3.8, 4) is 17.5 Å². The third kappa shape index (κ3) is 3.77. The quantitative estimate of drug-likeness (QED) is 0.788. The first-order valence-corrected chi connectivity index (χ1v) is 8.83. The summed E-state index contributed by atoms with van der Waals surface area (Å²) in [5, 5.41) is 19.6. The number of thioether (sulfide) groups is 1. The molecule has 1 saturated carbocycles. The highest BCUT2D eigenvalue weighted by Crippen LogP contribution is 2.39. The Morgan fingerprint density at radius 2 is 2.17 bits per heavy atom. The number of nitriles is 1. The predicted molar refractivity (Wildman–Crippen MR) is 92.2 cm³/mol. The molecule has 1 amide bonds. The molecule has 2 N–H and O–H groups in total. The molecule has 0 radical (unpaired) electrons. The molecule has 0 unspecified atom stereocenters. The summed E-state index contributed by atoms with van der Waals surface area (Å²) in [6.45, 7) is 3.82. The van der Waals surface area contributed by atoms with Crippen molar-refractivity contribution in [3.05, 3.63) is 29.8 Å². The lowest BCUT2D eigenvalue weighted by molar-refractivity contribution is -0.119. The van der Waals surface area contributed by atoms with Crippen molar-refractivity contribution in [1.82, 2.24) is 20.5 Å². The van der Waals surface area contributed by atoms with Gasteiger partial charge in [0, 0.05) is 5.56 Å². The normalized spacial score (nSPS) is 16.2. The molecule has 2 aromatic rings. The summed E-state index contributed by atoms with van der Waals surface area (Å²) >= 11 is 1.26. The second-order valence-electron chi connectivity index (χ2n) is 6.26. The van der Waals surface area contributed by atoms with Gasteiger partial charge in [-0.3, -0.25) is 9.89 Å². The van der Waals surface area contributed by atoms with Gasteiger partial charge in [-0.05, 0) is 32.6 Å². The van der Waals surface area contributed by atoms with Crippen LogP contribution in [0, 0.1) is 24.2 Å². The van der Waals surface area contributed by atoms with Crippen molar-refractivity contribution >= 4 is 17.7 Å². The number of aromatic amines is 1. The second-order valence-corrected chi connectivity index (χ2v) is 7.20. The number of aromatic nitrogens is 3. The maximum Gasteiger partial charge on any atom is 0.231 e. The minimum atomic E-state index is -0.760. The zero-order valence-corrected chi connectivity index (χ0v) is 14.5. The molecule has 24 heavy (non-hydrogen) atoms. The number of hydrogen-bond donors (Lipinski definition) is 2. The minimum Gasteiger partial charge on any atom is -0.337 e. The molecule has 1 fully saturated rings. The number of aryl methyl sites for hydroxylation is 1. The van der Waals surface area contributed by atoms with E-state index in [0.717, 1.165) is 18.4 Å². The van der Waals surface area contributed by atoms with Crippen LogP contribution in [0.5, 0.6) is 0 Å². The highest BCUT2D eigenvalue weighted by Gasteiger charge is 2.42. The highest BCUT2D eigenvalue weighted by molar-refractivity contribution is 7.99. The largest absolute Gasteiger partial charge is 0.337 e. The van der Waals surface area contributed by atoms with E-state index in [-0.39, 0.29) is 17.6 Å². The van der Waals surface area contributed by atoms with Crippen molar-refractivity contribution in [2.45, 2.75) is 37.4 Å². The smallest absolute Gasteiger partial charge is 0.231 e. The van der Waals surface area contributed by atoms with Gasteiger partial charge >= 0.3 is 0 Å². The Morgan fingerprint density at radius 3 is 2.79 bits per heavy atom. The van der Waals surface area contributed by atoms with E-state index in [9.17, 15) is 10.1 Å². The van der Waals surface area contributed by atoms with E-state index in [1.54, 1.807) is 6.92 Å². The minimum absolute atomic E-state index is 0.169. The van der Waals surface area contributed by atoms with Crippen LogP contribution in [0.1, 0.15) is 25.3 Å². The number of carbonyl (C=O) groups is 1. The van der Waals surface area contributed by atoms with Crippen molar-refractivity contribution in [3.63, 3.8) is 0 Å². The molecule has 6 nitrogen and oxygen atoms in total. The molecule has 1 aromatic heterocycles. The Balaban J connectivity index is 1.56. The SMILES string of the molecule is Cc1ccc(-c2nc(SCC(=O)N[C@](C)(C#N)C3CC3)n[nH]2)cc1. The van der Waals surface area contributed by atoms with Crippen LogP contribution >= 0.6 is 11.8 Å². The number of nitrogens with one attached hydrogen (secondary N) is 2. The monoisotopic (exact) mass is 341 g/mol. The van der Waals surface area contributed by atoms with E-state index < -0.39 is 5.54 Å². The Labute approximate surface area is 145 Å². The molecular formula is C17H19N5OS. The van der Waals surface area contributed by atoms with Gasteiger partial charge in [0.25, 0.3) is 0 Å². The van der Waals surface area contributed by atoms with Gasteiger partial charge < -0.3 is 5.32 Å². The van der Waals surface area contributed by atoms with Crippen LogP contribution in [0.3, 0.4) is 0 Å². The summed E-state index contributed by atoms with van der Waals surface area (Å²) in [6, 6.07) is 10.2. The van der Waals surface area contributed by atoms with Crippen LogP contribution in [-0.2, 0) is 4.79 Å². The number of hydrogen-bond acceptors (Lipinski definition) is 5. The Morgan fingerprint density at radius 1 is 1.46 bits per heavy atom. The van der Waals surface area contributed by atoms with E-state index in [4.69, 9.17) is 0 Å². The third-order valence-corrected chi connectivity index (χ3v) is 4.99. The second kappa shape index (κ2) is 6.65. The molecule has 0 bridgehead atoms. The van der Waals surface area contributed by atoms with Crippen LogP contribution < -0.4 is 5.32 Å². The molecule has 1 aliphatic carbocycles. The number of benzene rings is 1. The van der Waals surface area contributed by atoms with Crippen LogP contribution in [0.15, 0.2) is 29.4 Å². The topological polar surface area (TPSA) is 94.5 Å². The molecule has 0 aliphatic heterocycles. The third-order valence-electron chi connectivity index (χ3n) is 4.15. The maximum absolute atomic E-state index is 12.1. The van der Waals surface area contributed by atoms with E-state index in [2.05, 4.69) is 26.6 Å². The summed E-state index contributed by atoms with van der Waals surface area (Å²) in [5.41, 5.74) is 1.37. The van der Waals surface area contributed by atoms with Crippen LogP contribution in [0.2, 0.25) is 0 Å². The van der Waals surface area contributed by atoms with Gasteiger partial charge in [0.15, 0.2) is 5.82 Å². The summed E-state index contributed by atoms with van der Waals surface area (Å²) < 4.78 is 0. The van der Waals surface area contributed by atoms with Gasteiger partial charge in [-0.25, -0.2) is 4.98 Å². The van der Waals surface area contributed by atoms with Crippen LogP contribution in [0.4, 0.5) is 0 Å². The van der Waals surface area contributed by atoms with Crippen molar-refractivity contribution in [1.29, 1.82) is 5.26 Å². The molecule has 1 heterocycles. The summed E-state index contributed by atoms with van der Waals surface area (Å²) in [4.78, 5) is 16.5. The van der Waals surface area contributed by atoms with Crippen molar-refractivity contribution in [2.24, 2.45) is 5.92 Å². The molecule has 1 aromatic carbocycles. The molecular weight excluding hydrogens is 322 g/mol. The first-order valence-electron chi connectivity index (χ1n) is 7.85. The lowest BCUT2D eigenvalue weighted by Gasteiger charge is -2.22. The Kier molecular flexibility index (Phi) is 4.58. The molecule has 3 rings (SSSR count). The molecule has 124 valence electrons. The molecule has 1 aliphatic rings. The fraction of sp³-hybridized carbons (Fsp3) is 0.412. The van der Waals surface area contributed by atoms with Gasteiger partial charge in [0.05, 0.1) is 11.8 Å². The number of rotatable bonds is 6. The van der Waals surface area contributed by atoms with Crippen LogP contribution in [0.25, 0.3) is 11.4 Å². The zero-order valence-electron chi connectivity index (χ0n) is 13.7. The summed E-state index contributed by atoms with van der Waals surface area (Å²) in [5.74, 6) is 0.971. The average Bonchev–Trinajstić information content (AvgIpc) is 3.33. The van der Waals surface area contributed by atoms with E-state index in [0.29, 0.717) is 11.0 Å². The lowest BCUT2D eigenvalue weighted by Crippen LogP contribution is -2.47. The first-order chi connectivity index (χ1) is 11.5. The van der Waals surface area contributed by atoms with E-state index in [1.165, 1.54) is 17.3 Å². The fourth-order valence-corrected chi connectivity index (χ4v) is 3.09. The predicted octanol–water partition coefficient (Wildman–Crippen LogP) is 2.68. The zero-order chi connectivity index (χ0) is 17.2. The fourth-order valence-electron chi connectivity index (χ4n) is 2.49. The average molecular weight is 341 g/mol. The molecule has 0 saturated heterocycles. The highest BCUT2D eigenvalue weighted by atomic mass is 32.2. The lowest BCUT2D eigenvalue weighted by atomic mass is 9.98. The van der Waals surface area contributed by atoms with E-state index >= 15 is 0 Å².